The molecule has 1 N–H and O–H groups in total. The fourth-order valence-corrected chi connectivity index (χ4v) is 3.73. The van der Waals surface area contributed by atoms with E-state index in [4.69, 9.17) is 4.74 Å². The average molecular weight is 379 g/mol. The van der Waals surface area contributed by atoms with Gasteiger partial charge in [-0.2, -0.15) is 0 Å². The van der Waals surface area contributed by atoms with Gasteiger partial charge in [0.1, 0.15) is 5.75 Å². The summed E-state index contributed by atoms with van der Waals surface area (Å²) >= 11 is 0. The van der Waals surface area contributed by atoms with Crippen LogP contribution in [0.15, 0.2) is 42.5 Å². The summed E-state index contributed by atoms with van der Waals surface area (Å²) in [7, 11) is 0. The van der Waals surface area contributed by atoms with Gasteiger partial charge in [-0.3, -0.25) is 9.59 Å². The summed E-state index contributed by atoms with van der Waals surface area (Å²) in [5.41, 5.74) is 4.19. The second kappa shape index (κ2) is 7.92. The molecule has 2 aromatic rings. The fraction of sp³-hybridized carbons (Fsp3) is 0.364. The Morgan fingerprint density at radius 1 is 1.11 bits per heavy atom. The van der Waals surface area contributed by atoms with Gasteiger partial charge >= 0.3 is 0 Å². The molecular weight excluding hydrogens is 354 g/mol. The highest BCUT2D eigenvalue weighted by Gasteiger charge is 2.21. The van der Waals surface area contributed by atoms with Crippen LogP contribution < -0.4 is 15.0 Å². The van der Waals surface area contributed by atoms with Crippen molar-refractivity contribution in [1.29, 1.82) is 0 Å². The first-order chi connectivity index (χ1) is 13.6. The smallest absolute Gasteiger partial charge is 0.262 e. The monoisotopic (exact) mass is 379 g/mol. The second-order valence-electron chi connectivity index (χ2n) is 7.37. The van der Waals surface area contributed by atoms with E-state index in [2.05, 4.69) is 41.4 Å². The highest BCUT2D eigenvalue weighted by molar-refractivity contribution is 5.95. The van der Waals surface area contributed by atoms with Crippen LogP contribution in [0.1, 0.15) is 17.5 Å². The van der Waals surface area contributed by atoms with E-state index < -0.39 is 0 Å². The van der Waals surface area contributed by atoms with Crippen molar-refractivity contribution in [3.05, 3.63) is 53.6 Å². The molecule has 0 aromatic heterocycles. The molecule has 0 bridgehead atoms. The zero-order valence-corrected chi connectivity index (χ0v) is 16.1. The maximum absolute atomic E-state index is 12.6. The molecule has 1 fully saturated rings. The predicted octanol–water partition coefficient (Wildman–Crippen LogP) is 2.61. The number of anilines is 2. The van der Waals surface area contributed by atoms with Crippen LogP contribution in [0.25, 0.3) is 0 Å². The first-order valence-corrected chi connectivity index (χ1v) is 9.73. The van der Waals surface area contributed by atoms with Gasteiger partial charge in [0.2, 0.25) is 5.91 Å². The highest BCUT2D eigenvalue weighted by atomic mass is 16.5. The first-order valence-electron chi connectivity index (χ1n) is 9.73. The van der Waals surface area contributed by atoms with Crippen molar-refractivity contribution >= 4 is 23.2 Å². The molecule has 0 unspecified atom stereocenters. The molecule has 4 rings (SSSR count). The molecule has 2 aliphatic heterocycles. The van der Waals surface area contributed by atoms with Gasteiger partial charge in [0, 0.05) is 38.3 Å². The normalized spacial score (nSPS) is 16.2. The van der Waals surface area contributed by atoms with Crippen molar-refractivity contribution in [1.82, 2.24) is 4.90 Å². The van der Waals surface area contributed by atoms with E-state index >= 15 is 0 Å². The minimum Gasteiger partial charge on any atom is -0.482 e. The number of carbonyl (C=O) groups excluding carboxylic acids is 2. The molecule has 1 saturated heterocycles. The van der Waals surface area contributed by atoms with Gasteiger partial charge in [-0.1, -0.05) is 18.2 Å². The van der Waals surface area contributed by atoms with Crippen LogP contribution in [0.5, 0.6) is 5.75 Å². The molecule has 0 atom stereocenters. The Morgan fingerprint density at radius 3 is 2.71 bits per heavy atom. The third-order valence-corrected chi connectivity index (χ3v) is 5.30. The molecule has 0 spiro atoms. The van der Waals surface area contributed by atoms with Crippen molar-refractivity contribution in [2.75, 3.05) is 43.0 Å². The van der Waals surface area contributed by atoms with Gasteiger partial charge in [0.25, 0.3) is 5.91 Å². The maximum atomic E-state index is 12.6. The third kappa shape index (κ3) is 4.11. The zero-order valence-electron chi connectivity index (χ0n) is 16.1. The SMILES string of the molecule is Cc1cccc(N2CCN(C(=O)CCc3ccc4c(c3)NC(=O)CO4)CC2)c1. The van der Waals surface area contributed by atoms with E-state index in [0.29, 0.717) is 24.3 Å². The highest BCUT2D eigenvalue weighted by Crippen LogP contribution is 2.29. The Bertz CT molecular complexity index is 888. The number of hydrogen-bond donors (Lipinski definition) is 1. The molecule has 2 amide bonds. The summed E-state index contributed by atoms with van der Waals surface area (Å²) in [6.07, 6.45) is 1.12. The van der Waals surface area contributed by atoms with Crippen LogP contribution in [0.2, 0.25) is 0 Å². The molecule has 28 heavy (non-hydrogen) atoms. The summed E-state index contributed by atoms with van der Waals surface area (Å²) in [4.78, 5) is 28.4. The van der Waals surface area contributed by atoms with E-state index in [1.807, 2.05) is 23.1 Å². The van der Waals surface area contributed by atoms with E-state index in [1.54, 1.807) is 0 Å². The zero-order chi connectivity index (χ0) is 19.5. The average Bonchev–Trinajstić information content (AvgIpc) is 2.72. The molecule has 146 valence electrons. The Hall–Kier alpha value is -3.02. The van der Waals surface area contributed by atoms with Crippen molar-refractivity contribution in [3.63, 3.8) is 0 Å². The Balaban J connectivity index is 1.29. The van der Waals surface area contributed by atoms with Crippen molar-refractivity contribution in [2.45, 2.75) is 19.8 Å². The lowest BCUT2D eigenvalue weighted by molar-refractivity contribution is -0.131. The minimum atomic E-state index is -0.146. The largest absolute Gasteiger partial charge is 0.482 e. The number of fused-ring (bicyclic) bond motifs is 1. The molecule has 0 saturated carbocycles. The van der Waals surface area contributed by atoms with Crippen LogP contribution in [0, 0.1) is 6.92 Å². The van der Waals surface area contributed by atoms with Crippen LogP contribution in [0.3, 0.4) is 0 Å². The van der Waals surface area contributed by atoms with E-state index in [1.165, 1.54) is 11.3 Å². The van der Waals surface area contributed by atoms with Crippen LogP contribution in [0.4, 0.5) is 11.4 Å². The van der Waals surface area contributed by atoms with Crippen molar-refractivity contribution in [2.24, 2.45) is 0 Å². The Labute approximate surface area is 165 Å². The first kappa shape index (κ1) is 18.3. The minimum absolute atomic E-state index is 0.0549. The van der Waals surface area contributed by atoms with Gasteiger partial charge in [-0.05, 0) is 48.7 Å². The van der Waals surface area contributed by atoms with Crippen LogP contribution in [-0.4, -0.2) is 49.5 Å². The number of nitrogens with zero attached hydrogens (tertiary/aromatic N) is 2. The van der Waals surface area contributed by atoms with Gasteiger partial charge in [-0.15, -0.1) is 0 Å². The van der Waals surface area contributed by atoms with E-state index in [-0.39, 0.29) is 18.4 Å². The second-order valence-corrected chi connectivity index (χ2v) is 7.37. The molecule has 2 aliphatic rings. The maximum Gasteiger partial charge on any atom is 0.262 e. The Morgan fingerprint density at radius 2 is 1.93 bits per heavy atom. The quantitative estimate of drug-likeness (QED) is 0.887. The number of nitrogens with one attached hydrogen (secondary N) is 1. The van der Waals surface area contributed by atoms with Gasteiger partial charge < -0.3 is 19.9 Å². The lowest BCUT2D eigenvalue weighted by atomic mass is 10.1. The molecule has 0 aliphatic carbocycles. The van der Waals surface area contributed by atoms with Gasteiger partial charge in [0.05, 0.1) is 5.69 Å². The third-order valence-electron chi connectivity index (χ3n) is 5.30. The summed E-state index contributed by atoms with van der Waals surface area (Å²) < 4.78 is 5.37. The van der Waals surface area contributed by atoms with Crippen molar-refractivity contribution < 1.29 is 14.3 Å². The number of amides is 2. The topological polar surface area (TPSA) is 61.9 Å². The lowest BCUT2D eigenvalue weighted by Crippen LogP contribution is -2.48. The van der Waals surface area contributed by atoms with Crippen LogP contribution in [-0.2, 0) is 16.0 Å². The number of benzene rings is 2. The number of piperazine rings is 1. The van der Waals surface area contributed by atoms with E-state index in [9.17, 15) is 9.59 Å². The molecule has 6 heteroatoms. The Kier molecular flexibility index (Phi) is 5.19. The standard InChI is InChI=1S/C22H25N3O3/c1-16-3-2-4-18(13-16)24-9-11-25(12-10-24)22(27)8-6-17-5-7-20-19(14-17)23-21(26)15-28-20/h2-5,7,13-14H,6,8-12,15H2,1H3,(H,23,26). The van der Waals surface area contributed by atoms with Gasteiger partial charge in [-0.25, -0.2) is 0 Å². The molecule has 2 heterocycles. The summed E-state index contributed by atoms with van der Waals surface area (Å²) in [6, 6.07) is 14.2. The van der Waals surface area contributed by atoms with Gasteiger partial charge in [0.15, 0.2) is 6.61 Å². The summed E-state index contributed by atoms with van der Waals surface area (Å²) in [5.74, 6) is 0.719. The summed E-state index contributed by atoms with van der Waals surface area (Å²) in [6.45, 7) is 5.37. The predicted molar refractivity (Wildman–Crippen MR) is 109 cm³/mol. The van der Waals surface area contributed by atoms with Crippen LogP contribution >= 0.6 is 0 Å². The summed E-state index contributed by atoms with van der Waals surface area (Å²) in [5, 5.41) is 2.81. The molecule has 2 aromatic carbocycles. The number of rotatable bonds is 4. The number of aryl methyl sites for hydroxylation is 2. The molecule has 0 radical (unpaired) electrons. The molecule has 6 nitrogen and oxygen atoms in total. The number of carbonyl (C=O) groups is 2. The van der Waals surface area contributed by atoms with Crippen molar-refractivity contribution in [3.8, 4) is 5.75 Å². The number of ether oxygens (including phenoxy) is 1. The molecular formula is C22H25N3O3. The fourth-order valence-electron chi connectivity index (χ4n) is 3.73. The van der Waals surface area contributed by atoms with E-state index in [0.717, 1.165) is 31.7 Å². The lowest BCUT2D eigenvalue weighted by Gasteiger charge is -2.36. The number of hydrogen-bond acceptors (Lipinski definition) is 4.